The first-order chi connectivity index (χ1) is 17.4. The molecule has 1 atom stereocenters. The molecule has 3 aromatic rings. The zero-order valence-corrected chi connectivity index (χ0v) is 22.0. The van der Waals surface area contributed by atoms with Crippen LogP contribution in [0.3, 0.4) is 0 Å². The quantitative estimate of drug-likeness (QED) is 0.443. The summed E-state index contributed by atoms with van der Waals surface area (Å²) >= 11 is 1.56. The molecule has 7 nitrogen and oxygen atoms in total. The van der Waals surface area contributed by atoms with Crippen molar-refractivity contribution >= 4 is 29.2 Å². The molecule has 0 aliphatic carbocycles. The van der Waals surface area contributed by atoms with Gasteiger partial charge in [-0.2, -0.15) is 4.98 Å². The minimum atomic E-state index is -0.550. The van der Waals surface area contributed by atoms with E-state index in [-0.39, 0.29) is 11.8 Å². The summed E-state index contributed by atoms with van der Waals surface area (Å²) < 4.78 is 6.25. The Balaban J connectivity index is 1.54. The molecule has 1 fully saturated rings. The second kappa shape index (κ2) is 12.3. The molecule has 4 rings (SSSR count). The van der Waals surface area contributed by atoms with E-state index in [1.807, 2.05) is 68.4 Å². The van der Waals surface area contributed by atoms with Crippen LogP contribution in [0.25, 0.3) is 0 Å². The van der Waals surface area contributed by atoms with E-state index >= 15 is 0 Å². The number of ether oxygens (including phenoxy) is 1. The molecule has 2 aromatic carbocycles. The van der Waals surface area contributed by atoms with E-state index in [9.17, 15) is 4.79 Å². The number of piperazine rings is 1. The number of hydrogen-bond acceptors (Lipinski definition) is 7. The fraction of sp³-hybridized carbons (Fsp3) is 0.357. The topological polar surface area (TPSA) is 83.7 Å². The van der Waals surface area contributed by atoms with Crippen LogP contribution < -0.4 is 20.7 Å². The van der Waals surface area contributed by atoms with Crippen molar-refractivity contribution in [2.24, 2.45) is 11.7 Å². The number of anilines is 2. The van der Waals surface area contributed by atoms with E-state index < -0.39 is 6.04 Å². The van der Waals surface area contributed by atoms with Gasteiger partial charge in [-0.05, 0) is 48.9 Å². The summed E-state index contributed by atoms with van der Waals surface area (Å²) in [6.07, 6.45) is 0. The molecule has 1 aliphatic rings. The smallest absolute Gasteiger partial charge is 0.241 e. The van der Waals surface area contributed by atoms with Gasteiger partial charge in [0.2, 0.25) is 11.8 Å². The monoisotopic (exact) mass is 505 g/mol. The predicted octanol–water partition coefficient (Wildman–Crippen LogP) is 4.49. The number of likely N-dealkylation sites (N-methyl/N-ethyl adjacent to an activating group) is 1. The molecule has 36 heavy (non-hydrogen) atoms. The molecule has 1 amide bonds. The SMILES string of the molecule is CC(C)C(N)C(=O)Nc1cccc(Sc2ccc(N3CCN(C)CC3)nc2OCc2ccccc2)c1. The Hall–Kier alpha value is -3.07. The number of nitrogens with two attached hydrogens (primary N) is 1. The van der Waals surface area contributed by atoms with E-state index in [4.69, 9.17) is 15.5 Å². The summed E-state index contributed by atoms with van der Waals surface area (Å²) in [4.78, 5) is 23.9. The van der Waals surface area contributed by atoms with Gasteiger partial charge >= 0.3 is 0 Å². The number of hydrogen-bond donors (Lipinski definition) is 2. The van der Waals surface area contributed by atoms with E-state index in [1.54, 1.807) is 11.8 Å². The molecular weight excluding hydrogens is 470 g/mol. The van der Waals surface area contributed by atoms with Crippen molar-refractivity contribution in [2.45, 2.75) is 36.3 Å². The lowest BCUT2D eigenvalue weighted by Crippen LogP contribution is -2.44. The Bertz CT molecular complexity index is 1150. The Morgan fingerprint density at radius 2 is 1.81 bits per heavy atom. The summed E-state index contributed by atoms with van der Waals surface area (Å²) in [5.41, 5.74) is 7.81. The van der Waals surface area contributed by atoms with E-state index in [2.05, 4.69) is 34.3 Å². The van der Waals surface area contributed by atoms with Gasteiger partial charge in [-0.15, -0.1) is 0 Å². The third-order valence-corrected chi connectivity index (χ3v) is 7.23. The minimum absolute atomic E-state index is 0.0665. The zero-order chi connectivity index (χ0) is 25.5. The maximum Gasteiger partial charge on any atom is 0.241 e. The van der Waals surface area contributed by atoms with Gasteiger partial charge in [0.15, 0.2) is 0 Å². The molecular formula is C28H35N5O2S. The molecule has 0 radical (unpaired) electrons. The van der Waals surface area contributed by atoms with Crippen LogP contribution >= 0.6 is 11.8 Å². The third kappa shape index (κ3) is 7.00. The first kappa shape index (κ1) is 26.0. The summed E-state index contributed by atoms with van der Waals surface area (Å²) in [6, 6.07) is 21.5. The van der Waals surface area contributed by atoms with Gasteiger partial charge in [-0.25, -0.2) is 0 Å². The number of nitrogens with zero attached hydrogens (tertiary/aromatic N) is 3. The van der Waals surface area contributed by atoms with Crippen molar-refractivity contribution in [3.05, 3.63) is 72.3 Å². The highest BCUT2D eigenvalue weighted by Gasteiger charge is 2.19. The number of amides is 1. The molecule has 1 saturated heterocycles. The highest BCUT2D eigenvalue weighted by molar-refractivity contribution is 7.99. The first-order valence-corrected chi connectivity index (χ1v) is 13.2. The lowest BCUT2D eigenvalue weighted by molar-refractivity contribution is -0.118. The standard InChI is InChI=1S/C28H35N5O2S/c1-20(2)26(29)27(34)30-22-10-7-11-23(18-22)36-24-12-13-25(33-16-14-32(3)15-17-33)31-28(24)35-19-21-8-5-4-6-9-21/h4-13,18,20,26H,14-17,19,29H2,1-3H3,(H,30,34). The van der Waals surface area contributed by atoms with Crippen LogP contribution in [0.1, 0.15) is 19.4 Å². The van der Waals surface area contributed by atoms with Crippen molar-refractivity contribution in [3.8, 4) is 5.88 Å². The van der Waals surface area contributed by atoms with Crippen LogP contribution in [0.4, 0.5) is 11.5 Å². The van der Waals surface area contributed by atoms with Gasteiger partial charge in [-0.1, -0.05) is 62.0 Å². The van der Waals surface area contributed by atoms with Crippen molar-refractivity contribution in [3.63, 3.8) is 0 Å². The molecule has 1 unspecified atom stereocenters. The lowest BCUT2D eigenvalue weighted by atomic mass is 10.1. The van der Waals surface area contributed by atoms with Crippen LogP contribution in [0, 0.1) is 5.92 Å². The molecule has 8 heteroatoms. The van der Waals surface area contributed by atoms with Gasteiger partial charge in [0.05, 0.1) is 10.9 Å². The van der Waals surface area contributed by atoms with Gasteiger partial charge in [0, 0.05) is 36.8 Å². The van der Waals surface area contributed by atoms with Crippen LogP contribution in [0.2, 0.25) is 0 Å². The molecule has 0 spiro atoms. The van der Waals surface area contributed by atoms with Gasteiger partial charge in [0.25, 0.3) is 0 Å². The van der Waals surface area contributed by atoms with Crippen LogP contribution in [0.15, 0.2) is 76.5 Å². The summed E-state index contributed by atoms with van der Waals surface area (Å²) in [6.45, 7) is 8.22. The number of pyridine rings is 1. The first-order valence-electron chi connectivity index (χ1n) is 12.3. The fourth-order valence-corrected chi connectivity index (χ4v) is 4.74. The molecule has 0 bridgehead atoms. The molecule has 3 N–H and O–H groups in total. The van der Waals surface area contributed by atoms with E-state index in [0.717, 1.165) is 53.0 Å². The second-order valence-corrected chi connectivity index (χ2v) is 10.5. The van der Waals surface area contributed by atoms with Crippen LogP contribution in [0.5, 0.6) is 5.88 Å². The predicted molar refractivity (Wildman–Crippen MR) is 147 cm³/mol. The van der Waals surface area contributed by atoms with Gasteiger partial charge < -0.3 is 25.6 Å². The molecule has 1 aromatic heterocycles. The van der Waals surface area contributed by atoms with Crippen molar-refractivity contribution in [1.82, 2.24) is 9.88 Å². The highest BCUT2D eigenvalue weighted by Crippen LogP contribution is 2.36. The third-order valence-electron chi connectivity index (χ3n) is 6.21. The summed E-state index contributed by atoms with van der Waals surface area (Å²) in [7, 11) is 2.14. The summed E-state index contributed by atoms with van der Waals surface area (Å²) in [5.74, 6) is 1.42. The number of aromatic nitrogens is 1. The van der Waals surface area contributed by atoms with Crippen molar-refractivity contribution in [2.75, 3.05) is 43.4 Å². The maximum atomic E-state index is 12.4. The number of carbonyl (C=O) groups excluding carboxylic acids is 1. The highest BCUT2D eigenvalue weighted by atomic mass is 32.2. The summed E-state index contributed by atoms with van der Waals surface area (Å²) in [5, 5.41) is 2.93. The van der Waals surface area contributed by atoms with E-state index in [0.29, 0.717) is 12.5 Å². The van der Waals surface area contributed by atoms with Crippen LogP contribution in [-0.2, 0) is 11.4 Å². The average Bonchev–Trinajstić information content (AvgIpc) is 2.89. The number of benzene rings is 2. The molecule has 1 aliphatic heterocycles. The normalized spacial score (nSPS) is 15.1. The Labute approximate surface area is 218 Å². The Morgan fingerprint density at radius 3 is 2.53 bits per heavy atom. The average molecular weight is 506 g/mol. The zero-order valence-electron chi connectivity index (χ0n) is 21.2. The van der Waals surface area contributed by atoms with Gasteiger partial charge in [0.1, 0.15) is 12.4 Å². The van der Waals surface area contributed by atoms with Gasteiger partial charge in [-0.3, -0.25) is 4.79 Å². The second-order valence-electron chi connectivity index (χ2n) is 9.43. The lowest BCUT2D eigenvalue weighted by Gasteiger charge is -2.33. The van der Waals surface area contributed by atoms with Crippen LogP contribution in [-0.4, -0.2) is 55.1 Å². The largest absolute Gasteiger partial charge is 0.472 e. The molecule has 2 heterocycles. The van der Waals surface area contributed by atoms with Crippen molar-refractivity contribution in [1.29, 1.82) is 0 Å². The maximum absolute atomic E-state index is 12.4. The number of nitrogens with one attached hydrogen (secondary N) is 1. The molecule has 0 saturated carbocycles. The van der Waals surface area contributed by atoms with E-state index in [1.165, 1.54) is 0 Å². The van der Waals surface area contributed by atoms with Crippen molar-refractivity contribution < 1.29 is 9.53 Å². The number of rotatable bonds is 9. The fourth-order valence-electron chi connectivity index (χ4n) is 3.83. The number of carbonyl (C=O) groups is 1. The minimum Gasteiger partial charge on any atom is -0.472 e. The Kier molecular flexibility index (Phi) is 8.85. The molecule has 190 valence electrons. The Morgan fingerprint density at radius 1 is 1.06 bits per heavy atom.